The third kappa shape index (κ3) is 3.70. The average molecular weight is 372 g/mol. The smallest absolute Gasteiger partial charge is 0.338 e. The lowest BCUT2D eigenvalue weighted by Crippen LogP contribution is -2.22. The summed E-state index contributed by atoms with van der Waals surface area (Å²) < 4.78 is 37.1. The van der Waals surface area contributed by atoms with E-state index >= 15 is 8.78 Å². The van der Waals surface area contributed by atoms with E-state index in [1.54, 1.807) is 29.7 Å². The first kappa shape index (κ1) is 19.0. The molecule has 0 aliphatic carbocycles. The molecule has 0 spiro atoms. The van der Waals surface area contributed by atoms with Crippen LogP contribution < -0.4 is 0 Å². The summed E-state index contributed by atoms with van der Waals surface area (Å²) in [6.07, 6.45) is 1.68. The highest BCUT2D eigenvalue weighted by Crippen LogP contribution is 2.37. The predicted molar refractivity (Wildman–Crippen MR) is 100 cm³/mol. The highest BCUT2D eigenvalue weighted by atomic mass is 19.3. The van der Waals surface area contributed by atoms with Crippen LogP contribution in [0, 0.1) is 0 Å². The monoisotopic (exact) mass is 372 g/mol. The molecule has 1 heterocycles. The first-order valence-electron chi connectivity index (χ1n) is 9.10. The summed E-state index contributed by atoms with van der Waals surface area (Å²) in [7, 11) is 0. The fourth-order valence-electron chi connectivity index (χ4n) is 3.02. The Hall–Kier alpha value is -2.76. The second-order valence-corrected chi connectivity index (χ2v) is 6.30. The maximum Gasteiger partial charge on any atom is 0.338 e. The van der Waals surface area contributed by atoms with Crippen molar-refractivity contribution in [2.24, 2.45) is 0 Å². The van der Waals surface area contributed by atoms with Gasteiger partial charge >= 0.3 is 11.9 Å². The van der Waals surface area contributed by atoms with Crippen molar-refractivity contribution in [3.63, 3.8) is 0 Å². The number of hydrogen-bond acceptors (Lipinski definition) is 3. The van der Waals surface area contributed by atoms with Crippen LogP contribution in [0.3, 0.4) is 0 Å². The Morgan fingerprint density at radius 1 is 1.11 bits per heavy atom. The van der Waals surface area contributed by atoms with E-state index in [4.69, 9.17) is 4.74 Å². The van der Waals surface area contributed by atoms with Crippen molar-refractivity contribution in [1.82, 2.24) is 9.55 Å². The third-order valence-corrected chi connectivity index (χ3v) is 4.43. The van der Waals surface area contributed by atoms with Gasteiger partial charge in [-0.25, -0.2) is 9.78 Å². The Morgan fingerprint density at radius 2 is 1.81 bits per heavy atom. The molecule has 0 bridgehead atoms. The van der Waals surface area contributed by atoms with Gasteiger partial charge in [-0.3, -0.25) is 0 Å². The molecule has 0 aliphatic heterocycles. The number of ether oxygens (including phenoxy) is 1. The summed E-state index contributed by atoms with van der Waals surface area (Å²) in [5, 5.41) is 0. The largest absolute Gasteiger partial charge is 0.462 e. The molecule has 0 aliphatic rings. The number of aromatic nitrogens is 2. The van der Waals surface area contributed by atoms with Gasteiger partial charge in [0.2, 0.25) is 0 Å². The average Bonchev–Trinajstić information content (AvgIpc) is 3.06. The van der Waals surface area contributed by atoms with Crippen molar-refractivity contribution in [2.45, 2.75) is 39.2 Å². The van der Waals surface area contributed by atoms with Gasteiger partial charge in [-0.05, 0) is 37.6 Å². The van der Waals surface area contributed by atoms with E-state index < -0.39 is 11.9 Å². The molecule has 0 unspecified atom stereocenters. The number of hydrogen-bond donors (Lipinski definition) is 0. The van der Waals surface area contributed by atoms with E-state index in [0.29, 0.717) is 17.6 Å². The molecule has 0 saturated carbocycles. The number of esters is 1. The fourth-order valence-corrected chi connectivity index (χ4v) is 3.02. The molecule has 1 aromatic heterocycles. The van der Waals surface area contributed by atoms with E-state index in [2.05, 4.69) is 4.98 Å². The highest BCUT2D eigenvalue weighted by molar-refractivity contribution is 5.89. The van der Waals surface area contributed by atoms with Crippen LogP contribution in [0.4, 0.5) is 8.78 Å². The molecule has 3 rings (SSSR count). The van der Waals surface area contributed by atoms with Crippen molar-refractivity contribution in [1.29, 1.82) is 0 Å². The quantitative estimate of drug-likeness (QED) is 0.539. The molecule has 27 heavy (non-hydrogen) atoms. The summed E-state index contributed by atoms with van der Waals surface area (Å²) >= 11 is 0. The number of para-hydroxylation sites is 2. The maximum absolute atomic E-state index is 15.3. The number of halogens is 2. The number of alkyl halides is 2. The number of carbonyl (C=O) groups is 1. The lowest BCUT2D eigenvalue weighted by atomic mass is 10.1. The topological polar surface area (TPSA) is 44.1 Å². The van der Waals surface area contributed by atoms with Gasteiger partial charge in [0.1, 0.15) is 0 Å². The zero-order chi connectivity index (χ0) is 19.4. The summed E-state index contributed by atoms with van der Waals surface area (Å²) in [6.45, 7) is 4.42. The Kier molecular flexibility index (Phi) is 5.54. The van der Waals surface area contributed by atoms with Crippen LogP contribution in [0.1, 0.15) is 48.4 Å². The van der Waals surface area contributed by atoms with E-state index in [1.807, 2.05) is 13.0 Å². The zero-order valence-electron chi connectivity index (χ0n) is 15.4. The SMILES string of the molecule is CCCCn1c(C(F)(F)c2ccc(C(=O)OCC)cc2)nc2ccccc21. The second kappa shape index (κ2) is 7.86. The molecule has 0 amide bonds. The molecule has 0 N–H and O–H groups in total. The molecule has 2 aromatic carbocycles. The molecule has 0 atom stereocenters. The molecule has 142 valence electrons. The number of aryl methyl sites for hydroxylation is 1. The Balaban J connectivity index is 2.02. The summed E-state index contributed by atoms with van der Waals surface area (Å²) in [5.74, 6) is -4.08. The van der Waals surface area contributed by atoms with Crippen molar-refractivity contribution < 1.29 is 18.3 Å². The van der Waals surface area contributed by atoms with Gasteiger partial charge in [-0.2, -0.15) is 8.78 Å². The van der Waals surface area contributed by atoms with Crippen molar-refractivity contribution in [3.05, 3.63) is 65.5 Å². The molecule has 3 aromatic rings. The van der Waals surface area contributed by atoms with Crippen LogP contribution in [0.15, 0.2) is 48.5 Å². The van der Waals surface area contributed by atoms with Gasteiger partial charge in [0.15, 0.2) is 5.82 Å². The van der Waals surface area contributed by atoms with Crippen LogP contribution in [0.5, 0.6) is 0 Å². The predicted octanol–water partition coefficient (Wildman–Crippen LogP) is 5.15. The van der Waals surface area contributed by atoms with E-state index in [1.165, 1.54) is 24.3 Å². The van der Waals surface area contributed by atoms with Gasteiger partial charge in [0, 0.05) is 12.1 Å². The molecule has 0 fully saturated rings. The van der Waals surface area contributed by atoms with Crippen molar-refractivity contribution >= 4 is 17.0 Å². The van der Waals surface area contributed by atoms with Gasteiger partial charge in [-0.1, -0.05) is 37.6 Å². The van der Waals surface area contributed by atoms with E-state index in [0.717, 1.165) is 12.8 Å². The second-order valence-electron chi connectivity index (χ2n) is 6.30. The standard InChI is InChI=1S/C21H22F2N2O2/c1-3-5-14-25-18-9-7-6-8-17(18)24-20(25)21(22,23)16-12-10-15(11-13-16)19(26)27-4-2/h6-13H,3-5,14H2,1-2H3. The van der Waals surface area contributed by atoms with Crippen molar-refractivity contribution in [2.75, 3.05) is 6.61 Å². The summed E-state index contributed by atoms with van der Waals surface area (Å²) in [4.78, 5) is 16.0. The van der Waals surface area contributed by atoms with Crippen LogP contribution in [-0.2, 0) is 17.2 Å². The molecule has 0 saturated heterocycles. The minimum absolute atomic E-state index is 0.205. The minimum atomic E-state index is -3.28. The Bertz CT molecular complexity index is 933. The molecule has 6 heteroatoms. The minimum Gasteiger partial charge on any atom is -0.462 e. The number of benzene rings is 2. The van der Waals surface area contributed by atoms with Crippen molar-refractivity contribution in [3.8, 4) is 0 Å². The number of unbranched alkanes of at least 4 members (excludes halogenated alkanes) is 1. The fraction of sp³-hybridized carbons (Fsp3) is 0.333. The molecule has 0 radical (unpaired) electrons. The lowest BCUT2D eigenvalue weighted by Gasteiger charge is -2.18. The summed E-state index contributed by atoms with van der Waals surface area (Å²) in [6, 6.07) is 12.4. The number of imidazole rings is 1. The van der Waals surface area contributed by atoms with Gasteiger partial charge in [-0.15, -0.1) is 0 Å². The van der Waals surface area contributed by atoms with Crippen LogP contribution >= 0.6 is 0 Å². The number of nitrogens with zero attached hydrogens (tertiary/aromatic N) is 2. The summed E-state index contributed by atoms with van der Waals surface area (Å²) in [5.41, 5.74) is 1.29. The third-order valence-electron chi connectivity index (χ3n) is 4.43. The normalized spacial score (nSPS) is 11.7. The van der Waals surface area contributed by atoms with Gasteiger partial charge in [0.25, 0.3) is 0 Å². The van der Waals surface area contributed by atoms with Crippen LogP contribution in [0.25, 0.3) is 11.0 Å². The maximum atomic E-state index is 15.3. The first-order chi connectivity index (χ1) is 13.0. The highest BCUT2D eigenvalue weighted by Gasteiger charge is 2.39. The van der Waals surface area contributed by atoms with E-state index in [-0.39, 0.29) is 23.6 Å². The Labute approximate surface area is 156 Å². The zero-order valence-corrected chi connectivity index (χ0v) is 15.4. The Morgan fingerprint density at radius 3 is 2.48 bits per heavy atom. The lowest BCUT2D eigenvalue weighted by molar-refractivity contribution is 0.0292. The van der Waals surface area contributed by atoms with Gasteiger partial charge < -0.3 is 9.30 Å². The number of fused-ring (bicyclic) bond motifs is 1. The van der Waals surface area contributed by atoms with E-state index in [9.17, 15) is 4.79 Å². The molecule has 4 nitrogen and oxygen atoms in total. The molecular formula is C21H22F2N2O2. The number of carbonyl (C=O) groups excluding carboxylic acids is 1. The van der Waals surface area contributed by atoms with Gasteiger partial charge in [0.05, 0.1) is 23.2 Å². The van der Waals surface area contributed by atoms with Crippen LogP contribution in [-0.4, -0.2) is 22.1 Å². The molecular weight excluding hydrogens is 350 g/mol. The van der Waals surface area contributed by atoms with Crippen LogP contribution in [0.2, 0.25) is 0 Å². The number of rotatable bonds is 7. The first-order valence-corrected chi connectivity index (χ1v) is 9.10.